The van der Waals surface area contributed by atoms with Gasteiger partial charge in [-0.1, -0.05) is 44.2 Å². The van der Waals surface area contributed by atoms with Gasteiger partial charge in [-0.2, -0.15) is 0 Å². The average Bonchev–Trinajstić information content (AvgIpc) is 2.62. The van der Waals surface area contributed by atoms with Crippen molar-refractivity contribution in [2.75, 3.05) is 0 Å². The first-order chi connectivity index (χ1) is 12.4. The third-order valence-electron chi connectivity index (χ3n) is 6.74. The Bertz CT molecular complexity index is 600. The maximum Gasteiger partial charge on any atom is 0.472 e. The Morgan fingerprint density at radius 3 is 2.22 bits per heavy atom. The van der Waals surface area contributed by atoms with E-state index in [1.54, 1.807) is 13.8 Å². The molecule has 1 aromatic carbocycles. The number of hydrogen-bond acceptors (Lipinski definition) is 6. The van der Waals surface area contributed by atoms with Crippen LogP contribution < -0.4 is 5.73 Å². The van der Waals surface area contributed by atoms with Crippen molar-refractivity contribution in [3.63, 3.8) is 0 Å². The highest BCUT2D eigenvalue weighted by Gasteiger charge is 2.69. The molecule has 1 aromatic rings. The second kappa shape index (κ2) is 8.19. The van der Waals surface area contributed by atoms with Crippen LogP contribution in [0.25, 0.3) is 0 Å². The molecule has 152 valence electrons. The summed E-state index contributed by atoms with van der Waals surface area (Å²) in [6.07, 6.45) is 2.19. The SMILES string of the molecule is CC(OCc1ccccc1)C(N)B(O)O.CC1(O)CCC2CC1(O)C2(C)C. The van der Waals surface area contributed by atoms with Crippen LogP contribution in [-0.4, -0.2) is 50.6 Å². The first-order valence-electron chi connectivity index (χ1n) is 9.64. The highest BCUT2D eigenvalue weighted by Crippen LogP contribution is 2.65. The van der Waals surface area contributed by atoms with Crippen molar-refractivity contribution in [3.05, 3.63) is 35.9 Å². The minimum absolute atomic E-state index is 0.0885. The fourth-order valence-corrected chi connectivity index (χ4v) is 4.28. The van der Waals surface area contributed by atoms with Crippen LogP contribution in [0.2, 0.25) is 0 Å². The largest absolute Gasteiger partial charge is 0.472 e. The van der Waals surface area contributed by atoms with E-state index in [4.69, 9.17) is 20.5 Å². The molecule has 3 saturated carbocycles. The average molecular weight is 379 g/mol. The molecule has 0 aromatic heterocycles. The van der Waals surface area contributed by atoms with Gasteiger partial charge < -0.3 is 30.7 Å². The van der Waals surface area contributed by atoms with Crippen LogP contribution in [0.4, 0.5) is 0 Å². The molecule has 6 nitrogen and oxygen atoms in total. The number of nitrogens with two attached hydrogens (primary N) is 1. The van der Waals surface area contributed by atoms with Gasteiger partial charge in [0.25, 0.3) is 0 Å². The first kappa shape index (κ1) is 22.3. The zero-order valence-electron chi connectivity index (χ0n) is 16.8. The summed E-state index contributed by atoms with van der Waals surface area (Å²) in [5.74, 6) is -0.170. The van der Waals surface area contributed by atoms with Crippen molar-refractivity contribution >= 4 is 7.12 Å². The van der Waals surface area contributed by atoms with E-state index in [-0.39, 0.29) is 5.41 Å². The number of fused-ring (bicyclic) bond motifs is 2. The molecule has 0 amide bonds. The van der Waals surface area contributed by atoms with E-state index in [2.05, 4.69) is 13.8 Å². The Balaban J connectivity index is 0.000000198. The topological polar surface area (TPSA) is 116 Å². The smallest absolute Gasteiger partial charge is 0.426 e. The molecule has 0 heterocycles. The summed E-state index contributed by atoms with van der Waals surface area (Å²) in [6.45, 7) is 8.03. The number of hydrogen-bond donors (Lipinski definition) is 5. The molecule has 0 radical (unpaired) electrons. The first-order valence-corrected chi connectivity index (χ1v) is 9.64. The molecule has 0 spiro atoms. The van der Waals surface area contributed by atoms with Gasteiger partial charge in [0.2, 0.25) is 0 Å². The molecule has 3 fully saturated rings. The zero-order valence-corrected chi connectivity index (χ0v) is 16.8. The van der Waals surface area contributed by atoms with Crippen LogP contribution in [-0.2, 0) is 11.3 Å². The Labute approximate surface area is 162 Å². The van der Waals surface area contributed by atoms with Crippen LogP contribution in [0.15, 0.2) is 30.3 Å². The Kier molecular flexibility index (Phi) is 6.78. The molecule has 4 rings (SSSR count). The quantitative estimate of drug-likeness (QED) is 0.492. The standard InChI is InChI=1S/C10H16BNO3.C10H18O2/c1-8(10(12)11(13)14)15-7-9-5-3-2-4-6-9;1-8(2)7-4-5-9(3,11)10(8,12)6-7/h2-6,8,10,13-14H,7,12H2,1H3;7,11-12H,4-6H2,1-3H3. The van der Waals surface area contributed by atoms with Crippen molar-refractivity contribution in [1.29, 1.82) is 0 Å². The summed E-state index contributed by atoms with van der Waals surface area (Å²) < 4.78 is 5.41. The Hall–Kier alpha value is -0.955. The van der Waals surface area contributed by atoms with Crippen molar-refractivity contribution in [3.8, 4) is 0 Å². The monoisotopic (exact) mass is 379 g/mol. The lowest BCUT2D eigenvalue weighted by molar-refractivity contribution is -0.312. The molecule has 3 aliphatic rings. The third kappa shape index (κ3) is 4.39. The molecule has 0 aliphatic heterocycles. The van der Waals surface area contributed by atoms with E-state index in [1.165, 1.54) is 0 Å². The molecular formula is C20H34BNO5. The lowest BCUT2D eigenvalue weighted by atomic mass is 9.41. The molecule has 2 bridgehead atoms. The minimum atomic E-state index is -1.55. The van der Waals surface area contributed by atoms with E-state index in [0.29, 0.717) is 12.5 Å². The molecule has 27 heavy (non-hydrogen) atoms. The van der Waals surface area contributed by atoms with Gasteiger partial charge in [-0.3, -0.25) is 0 Å². The molecular weight excluding hydrogens is 345 g/mol. The molecule has 3 aliphatic carbocycles. The summed E-state index contributed by atoms with van der Waals surface area (Å²) in [7, 11) is -1.55. The van der Waals surface area contributed by atoms with E-state index < -0.39 is 30.4 Å². The zero-order chi connectivity index (χ0) is 20.5. The van der Waals surface area contributed by atoms with Crippen molar-refractivity contribution < 1.29 is 25.0 Å². The van der Waals surface area contributed by atoms with E-state index in [1.807, 2.05) is 30.3 Å². The van der Waals surface area contributed by atoms with Gasteiger partial charge in [-0.15, -0.1) is 0 Å². The maximum atomic E-state index is 10.2. The third-order valence-corrected chi connectivity index (χ3v) is 6.74. The highest BCUT2D eigenvalue weighted by atomic mass is 16.5. The van der Waals surface area contributed by atoms with Gasteiger partial charge in [0.15, 0.2) is 0 Å². The van der Waals surface area contributed by atoms with Gasteiger partial charge >= 0.3 is 7.12 Å². The van der Waals surface area contributed by atoms with Gasteiger partial charge in [0.1, 0.15) is 0 Å². The van der Waals surface area contributed by atoms with Crippen LogP contribution in [0, 0.1) is 11.3 Å². The summed E-state index contributed by atoms with van der Waals surface area (Å²) in [5.41, 5.74) is 4.74. The second-order valence-electron chi connectivity index (χ2n) is 8.79. The van der Waals surface area contributed by atoms with Gasteiger partial charge in [0.05, 0.1) is 29.9 Å². The van der Waals surface area contributed by atoms with Crippen LogP contribution in [0.5, 0.6) is 0 Å². The predicted molar refractivity (Wildman–Crippen MR) is 106 cm³/mol. The van der Waals surface area contributed by atoms with Crippen molar-refractivity contribution in [2.24, 2.45) is 17.1 Å². The summed E-state index contributed by atoms with van der Waals surface area (Å²) in [4.78, 5) is 0. The number of aliphatic hydroxyl groups is 2. The van der Waals surface area contributed by atoms with E-state index in [9.17, 15) is 10.2 Å². The van der Waals surface area contributed by atoms with Gasteiger partial charge in [-0.05, 0) is 50.0 Å². The Morgan fingerprint density at radius 1 is 1.19 bits per heavy atom. The minimum Gasteiger partial charge on any atom is -0.426 e. The Morgan fingerprint density at radius 2 is 1.78 bits per heavy atom. The normalized spacial score (nSPS) is 33.1. The molecule has 0 saturated heterocycles. The lowest BCUT2D eigenvalue weighted by Crippen LogP contribution is -2.74. The number of ether oxygens (including phenoxy) is 1. The maximum absolute atomic E-state index is 10.2. The summed E-state index contributed by atoms with van der Waals surface area (Å²) >= 11 is 0. The summed E-state index contributed by atoms with van der Waals surface area (Å²) in [6, 6.07) is 9.64. The predicted octanol–water partition coefficient (Wildman–Crippen LogP) is 1.24. The molecule has 5 atom stereocenters. The number of benzene rings is 1. The van der Waals surface area contributed by atoms with E-state index in [0.717, 1.165) is 24.8 Å². The molecule has 7 heteroatoms. The molecule has 5 unspecified atom stereocenters. The highest BCUT2D eigenvalue weighted by molar-refractivity contribution is 6.43. The second-order valence-corrected chi connectivity index (χ2v) is 8.79. The van der Waals surface area contributed by atoms with Crippen LogP contribution >= 0.6 is 0 Å². The number of rotatable bonds is 5. The van der Waals surface area contributed by atoms with E-state index >= 15 is 0 Å². The fraction of sp³-hybridized carbons (Fsp3) is 0.700. The van der Waals surface area contributed by atoms with Gasteiger partial charge in [0, 0.05) is 0 Å². The van der Waals surface area contributed by atoms with Crippen LogP contribution in [0.3, 0.4) is 0 Å². The van der Waals surface area contributed by atoms with Crippen LogP contribution in [0.1, 0.15) is 52.5 Å². The summed E-state index contributed by atoms with van der Waals surface area (Å²) in [5, 5.41) is 37.9. The lowest BCUT2D eigenvalue weighted by Gasteiger charge is -2.68. The van der Waals surface area contributed by atoms with Crippen molar-refractivity contribution in [1.82, 2.24) is 0 Å². The molecule has 6 N–H and O–H groups in total. The van der Waals surface area contributed by atoms with Gasteiger partial charge in [-0.25, -0.2) is 0 Å². The fourth-order valence-electron chi connectivity index (χ4n) is 4.28. The van der Waals surface area contributed by atoms with Crippen molar-refractivity contribution in [2.45, 2.75) is 76.8 Å².